The van der Waals surface area contributed by atoms with Gasteiger partial charge in [-0.2, -0.15) is 0 Å². The van der Waals surface area contributed by atoms with Crippen molar-refractivity contribution in [2.24, 2.45) is 0 Å². The predicted octanol–water partition coefficient (Wildman–Crippen LogP) is 3.93. The van der Waals surface area contributed by atoms with Gasteiger partial charge in [0.2, 0.25) is 8.40 Å². The minimum absolute atomic E-state index is 0.808. The monoisotopic (exact) mass is 258 g/mol. The Morgan fingerprint density at radius 3 is 1.29 bits per heavy atom. The molecule has 17 heavy (non-hydrogen) atoms. The molecule has 0 aliphatic carbocycles. The first kappa shape index (κ1) is 17.1. The van der Waals surface area contributed by atoms with Crippen molar-refractivity contribution < 1.29 is 0 Å². The van der Waals surface area contributed by atoms with E-state index in [1.54, 1.807) is 0 Å². The van der Waals surface area contributed by atoms with Gasteiger partial charge in [-0.3, -0.25) is 0 Å². The van der Waals surface area contributed by atoms with Crippen molar-refractivity contribution in [1.29, 1.82) is 0 Å². The van der Waals surface area contributed by atoms with Crippen LogP contribution in [0.5, 0.6) is 0 Å². The van der Waals surface area contributed by atoms with Gasteiger partial charge in [-0.05, 0) is 37.8 Å². The summed E-state index contributed by atoms with van der Waals surface area (Å²) < 4.78 is 5.60. The summed E-state index contributed by atoms with van der Waals surface area (Å²) in [5.74, 6) is 0. The standard InChI is InChI=1S/C14H34N2Si/c1-8-13-17(14(6)7,15(9-2)10-3)16(11-4)12-5/h14H,8-13H2,1-7H3. The molecule has 0 fully saturated rings. The molecule has 3 heteroatoms. The lowest BCUT2D eigenvalue weighted by Gasteiger charge is -2.51. The van der Waals surface area contributed by atoms with Crippen LogP contribution in [0.2, 0.25) is 11.6 Å². The summed E-state index contributed by atoms with van der Waals surface area (Å²) in [6, 6.07) is 1.41. The van der Waals surface area contributed by atoms with E-state index in [2.05, 4.69) is 57.6 Å². The van der Waals surface area contributed by atoms with Gasteiger partial charge in [0.1, 0.15) is 0 Å². The average Bonchev–Trinajstić information content (AvgIpc) is 2.31. The molecule has 0 atom stereocenters. The molecule has 0 spiro atoms. The van der Waals surface area contributed by atoms with Gasteiger partial charge in [-0.1, -0.05) is 54.9 Å². The normalized spacial score (nSPS) is 13.1. The number of hydrogen-bond donors (Lipinski definition) is 0. The zero-order valence-electron chi connectivity index (χ0n) is 13.2. The van der Waals surface area contributed by atoms with E-state index < -0.39 is 8.40 Å². The Bertz CT molecular complexity index is 175. The van der Waals surface area contributed by atoms with Crippen molar-refractivity contribution in [3.05, 3.63) is 0 Å². The van der Waals surface area contributed by atoms with Gasteiger partial charge in [0.25, 0.3) is 0 Å². The van der Waals surface area contributed by atoms with Crippen LogP contribution in [0.4, 0.5) is 0 Å². The van der Waals surface area contributed by atoms with Gasteiger partial charge in [-0.15, -0.1) is 0 Å². The van der Waals surface area contributed by atoms with Crippen LogP contribution in [0.3, 0.4) is 0 Å². The zero-order chi connectivity index (χ0) is 13.5. The van der Waals surface area contributed by atoms with Crippen molar-refractivity contribution >= 4 is 8.40 Å². The van der Waals surface area contributed by atoms with E-state index in [1.165, 1.54) is 38.6 Å². The van der Waals surface area contributed by atoms with Crippen LogP contribution in [0, 0.1) is 0 Å². The highest BCUT2D eigenvalue weighted by atomic mass is 28.3. The van der Waals surface area contributed by atoms with Crippen LogP contribution in [-0.4, -0.2) is 43.7 Å². The van der Waals surface area contributed by atoms with E-state index in [-0.39, 0.29) is 0 Å². The molecule has 0 N–H and O–H groups in total. The SMILES string of the molecule is CCC[Si](C(C)C)(N(CC)CC)N(CC)CC. The van der Waals surface area contributed by atoms with Crippen molar-refractivity contribution in [2.75, 3.05) is 26.2 Å². The van der Waals surface area contributed by atoms with E-state index >= 15 is 0 Å². The fourth-order valence-corrected chi connectivity index (χ4v) is 9.44. The summed E-state index contributed by atoms with van der Waals surface area (Å²) in [4.78, 5) is 0. The molecule has 0 unspecified atom stereocenters. The fraction of sp³-hybridized carbons (Fsp3) is 1.00. The van der Waals surface area contributed by atoms with Gasteiger partial charge >= 0.3 is 0 Å². The Kier molecular flexibility index (Phi) is 8.34. The van der Waals surface area contributed by atoms with Crippen molar-refractivity contribution in [3.63, 3.8) is 0 Å². The van der Waals surface area contributed by atoms with Crippen LogP contribution >= 0.6 is 0 Å². The molecule has 0 saturated heterocycles. The molecule has 104 valence electrons. The van der Waals surface area contributed by atoms with Crippen LogP contribution in [0.15, 0.2) is 0 Å². The third-order valence-corrected chi connectivity index (χ3v) is 10.7. The van der Waals surface area contributed by atoms with Crippen molar-refractivity contribution in [2.45, 2.75) is 66.5 Å². The maximum atomic E-state index is 2.80. The van der Waals surface area contributed by atoms with Crippen LogP contribution in [-0.2, 0) is 0 Å². The molecule has 2 nitrogen and oxygen atoms in total. The van der Waals surface area contributed by atoms with Crippen LogP contribution in [0.1, 0.15) is 54.9 Å². The molecule has 0 aliphatic heterocycles. The molecule has 0 rings (SSSR count). The van der Waals surface area contributed by atoms with Gasteiger partial charge in [0.05, 0.1) is 0 Å². The Morgan fingerprint density at radius 2 is 1.12 bits per heavy atom. The largest absolute Gasteiger partial charge is 0.312 e. The lowest BCUT2D eigenvalue weighted by Crippen LogP contribution is -2.67. The lowest BCUT2D eigenvalue weighted by atomic mass is 10.5. The molecule has 0 aromatic heterocycles. The molecule has 0 bridgehead atoms. The number of rotatable bonds is 9. The highest BCUT2D eigenvalue weighted by Gasteiger charge is 2.45. The summed E-state index contributed by atoms with van der Waals surface area (Å²) in [5, 5.41) is 0. The third kappa shape index (κ3) is 3.55. The Labute approximate surface area is 111 Å². The highest BCUT2D eigenvalue weighted by molar-refractivity contribution is 6.75. The van der Waals surface area contributed by atoms with Crippen molar-refractivity contribution in [1.82, 2.24) is 9.13 Å². The maximum Gasteiger partial charge on any atom is 0.209 e. The van der Waals surface area contributed by atoms with E-state index in [9.17, 15) is 0 Å². The molecular formula is C14H34N2Si. The minimum Gasteiger partial charge on any atom is -0.312 e. The van der Waals surface area contributed by atoms with Gasteiger partial charge in [0.15, 0.2) is 0 Å². The molecule has 0 heterocycles. The van der Waals surface area contributed by atoms with Crippen LogP contribution in [0.25, 0.3) is 0 Å². The minimum atomic E-state index is -1.47. The molecule has 0 amide bonds. The predicted molar refractivity (Wildman–Crippen MR) is 81.8 cm³/mol. The molecular weight excluding hydrogens is 224 g/mol. The average molecular weight is 259 g/mol. The van der Waals surface area contributed by atoms with E-state index in [4.69, 9.17) is 0 Å². The topological polar surface area (TPSA) is 6.48 Å². The molecule has 0 aromatic rings. The Balaban J connectivity index is 5.37. The second-order valence-electron chi connectivity index (χ2n) is 5.13. The second-order valence-corrected chi connectivity index (χ2v) is 9.80. The smallest absolute Gasteiger partial charge is 0.209 e. The van der Waals surface area contributed by atoms with Gasteiger partial charge < -0.3 is 9.13 Å². The third-order valence-electron chi connectivity index (χ3n) is 4.16. The maximum absolute atomic E-state index is 2.80. The van der Waals surface area contributed by atoms with Crippen molar-refractivity contribution in [3.8, 4) is 0 Å². The molecule has 0 aliphatic rings. The van der Waals surface area contributed by atoms with Gasteiger partial charge in [-0.25, -0.2) is 0 Å². The number of hydrogen-bond acceptors (Lipinski definition) is 2. The first-order valence-corrected chi connectivity index (χ1v) is 9.72. The Hall–Kier alpha value is 0.137. The fourth-order valence-electron chi connectivity index (χ4n) is 3.45. The summed E-state index contributed by atoms with van der Waals surface area (Å²) in [6.45, 7) is 21.4. The molecule has 0 aromatic carbocycles. The van der Waals surface area contributed by atoms with E-state index in [1.807, 2.05) is 0 Å². The first-order valence-electron chi connectivity index (χ1n) is 7.54. The Morgan fingerprint density at radius 1 is 0.765 bits per heavy atom. The van der Waals surface area contributed by atoms with E-state index in [0.717, 1.165) is 5.54 Å². The summed E-state index contributed by atoms with van der Waals surface area (Å²) in [5.41, 5.74) is 0.808. The second kappa shape index (κ2) is 8.28. The van der Waals surface area contributed by atoms with Crippen LogP contribution < -0.4 is 0 Å². The highest BCUT2D eigenvalue weighted by Crippen LogP contribution is 2.33. The summed E-state index contributed by atoms with van der Waals surface area (Å²) in [7, 11) is -1.47. The lowest BCUT2D eigenvalue weighted by molar-refractivity contribution is 0.337. The summed E-state index contributed by atoms with van der Waals surface area (Å²) in [6.07, 6.45) is 1.32. The number of nitrogens with zero attached hydrogens (tertiary/aromatic N) is 2. The first-order chi connectivity index (χ1) is 8.04. The summed E-state index contributed by atoms with van der Waals surface area (Å²) >= 11 is 0. The molecule has 0 saturated carbocycles. The molecule has 0 radical (unpaired) electrons. The quantitative estimate of drug-likeness (QED) is 0.578. The van der Waals surface area contributed by atoms with E-state index in [0.29, 0.717) is 0 Å². The van der Waals surface area contributed by atoms with Gasteiger partial charge in [0, 0.05) is 0 Å². The zero-order valence-corrected chi connectivity index (χ0v) is 14.2.